The van der Waals surface area contributed by atoms with Gasteiger partial charge in [-0.05, 0) is 29.9 Å². The van der Waals surface area contributed by atoms with Crippen molar-refractivity contribution >= 4 is 35.3 Å². The summed E-state index contributed by atoms with van der Waals surface area (Å²) in [6, 6.07) is 3.12. The lowest BCUT2D eigenvalue weighted by atomic mass is 10.1. The van der Waals surface area contributed by atoms with Crippen molar-refractivity contribution in [3.05, 3.63) is 28.5 Å². The van der Waals surface area contributed by atoms with E-state index in [9.17, 15) is 14.4 Å². The van der Waals surface area contributed by atoms with Crippen molar-refractivity contribution in [1.29, 1.82) is 0 Å². The summed E-state index contributed by atoms with van der Waals surface area (Å²) in [6.07, 6.45) is 3.66. The van der Waals surface area contributed by atoms with Gasteiger partial charge in [-0.2, -0.15) is 0 Å². The average Bonchev–Trinajstić information content (AvgIpc) is 2.95. The van der Waals surface area contributed by atoms with Crippen molar-refractivity contribution in [2.75, 3.05) is 13.2 Å². The molecule has 0 aromatic carbocycles. The van der Waals surface area contributed by atoms with Crippen LogP contribution in [0.4, 0.5) is 4.79 Å². The Balaban J connectivity index is 2.19. The first kappa shape index (κ1) is 17.9. The number of imide groups is 1. The molecular formula is C15H20N2O4S. The van der Waals surface area contributed by atoms with Gasteiger partial charge in [-0.1, -0.05) is 19.9 Å². The van der Waals surface area contributed by atoms with Crippen LogP contribution in [0, 0.1) is 5.92 Å². The number of hydrogen-bond acceptors (Lipinski definition) is 5. The van der Waals surface area contributed by atoms with Gasteiger partial charge >= 0.3 is 12.0 Å². The highest BCUT2D eigenvalue weighted by molar-refractivity contribution is 7.10. The Bertz CT molecular complexity index is 524. The Morgan fingerprint density at radius 3 is 2.77 bits per heavy atom. The van der Waals surface area contributed by atoms with E-state index >= 15 is 0 Å². The summed E-state index contributed by atoms with van der Waals surface area (Å²) in [5.74, 6) is -0.837. The Hall–Kier alpha value is -2.15. The number of nitrogens with one attached hydrogen (secondary N) is 2. The second-order valence-electron chi connectivity index (χ2n) is 4.94. The van der Waals surface area contributed by atoms with E-state index in [0.29, 0.717) is 12.5 Å². The summed E-state index contributed by atoms with van der Waals surface area (Å²) in [5.41, 5.74) is 0. The first-order chi connectivity index (χ1) is 10.5. The highest BCUT2D eigenvalue weighted by Gasteiger charge is 2.09. The topological polar surface area (TPSA) is 84.5 Å². The zero-order valence-corrected chi connectivity index (χ0v) is 13.4. The second kappa shape index (κ2) is 9.73. The van der Waals surface area contributed by atoms with Gasteiger partial charge in [-0.25, -0.2) is 9.59 Å². The summed E-state index contributed by atoms with van der Waals surface area (Å²) in [6.45, 7) is 4.06. The number of thiophene rings is 1. The van der Waals surface area contributed by atoms with E-state index < -0.39 is 24.5 Å². The van der Waals surface area contributed by atoms with E-state index in [1.165, 1.54) is 17.4 Å². The van der Waals surface area contributed by atoms with Crippen molar-refractivity contribution in [2.24, 2.45) is 5.92 Å². The van der Waals surface area contributed by atoms with Crippen LogP contribution in [-0.4, -0.2) is 31.1 Å². The van der Waals surface area contributed by atoms with E-state index in [1.807, 2.05) is 31.4 Å². The van der Waals surface area contributed by atoms with Crippen LogP contribution in [-0.2, 0) is 14.3 Å². The molecule has 22 heavy (non-hydrogen) atoms. The molecule has 0 atom stereocenters. The van der Waals surface area contributed by atoms with Crippen LogP contribution >= 0.6 is 11.3 Å². The smallest absolute Gasteiger partial charge is 0.331 e. The van der Waals surface area contributed by atoms with E-state index in [-0.39, 0.29) is 0 Å². The van der Waals surface area contributed by atoms with Gasteiger partial charge in [0.25, 0.3) is 5.91 Å². The second-order valence-corrected chi connectivity index (χ2v) is 5.92. The van der Waals surface area contributed by atoms with Crippen LogP contribution < -0.4 is 10.6 Å². The number of carbonyl (C=O) groups excluding carboxylic acids is 3. The Kier molecular flexibility index (Phi) is 7.91. The van der Waals surface area contributed by atoms with Crippen LogP contribution in [0.3, 0.4) is 0 Å². The van der Waals surface area contributed by atoms with Crippen molar-refractivity contribution in [2.45, 2.75) is 20.3 Å². The largest absolute Gasteiger partial charge is 0.452 e. The zero-order chi connectivity index (χ0) is 16.4. The van der Waals surface area contributed by atoms with Gasteiger partial charge in [0.15, 0.2) is 6.61 Å². The van der Waals surface area contributed by atoms with E-state index in [1.54, 1.807) is 6.08 Å². The van der Waals surface area contributed by atoms with E-state index in [2.05, 4.69) is 10.6 Å². The molecule has 0 spiro atoms. The molecule has 0 aliphatic carbocycles. The molecule has 1 rings (SSSR count). The van der Waals surface area contributed by atoms with Gasteiger partial charge in [0, 0.05) is 17.5 Å². The SMILES string of the molecule is CC(C)CCNC(=O)NC(=O)COC(=O)/C=C/c1cccs1. The lowest BCUT2D eigenvalue weighted by Gasteiger charge is -2.08. The molecule has 0 saturated heterocycles. The van der Waals surface area contributed by atoms with Crippen LogP contribution in [0.25, 0.3) is 6.08 Å². The minimum Gasteiger partial charge on any atom is -0.452 e. The molecule has 120 valence electrons. The summed E-state index contributed by atoms with van der Waals surface area (Å²) in [5, 5.41) is 6.53. The zero-order valence-electron chi connectivity index (χ0n) is 12.6. The molecule has 7 heteroatoms. The predicted octanol–water partition coefficient (Wildman–Crippen LogP) is 2.18. The number of urea groups is 1. The number of esters is 1. The molecule has 0 aliphatic heterocycles. The Morgan fingerprint density at radius 2 is 2.14 bits per heavy atom. The first-order valence-electron chi connectivity index (χ1n) is 6.93. The molecule has 2 N–H and O–H groups in total. The summed E-state index contributed by atoms with van der Waals surface area (Å²) < 4.78 is 4.73. The molecule has 0 saturated carbocycles. The van der Waals surface area contributed by atoms with Gasteiger partial charge in [0.1, 0.15) is 0 Å². The molecule has 0 radical (unpaired) electrons. The average molecular weight is 324 g/mol. The summed E-state index contributed by atoms with van der Waals surface area (Å²) in [4.78, 5) is 35.1. The van der Waals surface area contributed by atoms with Crippen LogP contribution in [0.2, 0.25) is 0 Å². The number of ether oxygens (including phenoxy) is 1. The maximum absolute atomic E-state index is 11.4. The molecule has 0 bridgehead atoms. The highest BCUT2D eigenvalue weighted by atomic mass is 32.1. The third kappa shape index (κ3) is 8.21. The maximum atomic E-state index is 11.4. The highest BCUT2D eigenvalue weighted by Crippen LogP contribution is 2.09. The van der Waals surface area contributed by atoms with Crippen LogP contribution in [0.15, 0.2) is 23.6 Å². The number of hydrogen-bond donors (Lipinski definition) is 2. The van der Waals surface area contributed by atoms with Crippen molar-refractivity contribution < 1.29 is 19.1 Å². The van der Waals surface area contributed by atoms with Crippen molar-refractivity contribution in [3.63, 3.8) is 0 Å². The summed E-state index contributed by atoms with van der Waals surface area (Å²) >= 11 is 1.48. The first-order valence-corrected chi connectivity index (χ1v) is 7.81. The van der Waals surface area contributed by atoms with Crippen molar-refractivity contribution in [3.8, 4) is 0 Å². The molecule has 1 aromatic rings. The fourth-order valence-electron chi connectivity index (χ4n) is 1.40. The van der Waals surface area contributed by atoms with Gasteiger partial charge in [0.05, 0.1) is 0 Å². The van der Waals surface area contributed by atoms with Crippen molar-refractivity contribution in [1.82, 2.24) is 10.6 Å². The fourth-order valence-corrected chi connectivity index (χ4v) is 2.02. The monoisotopic (exact) mass is 324 g/mol. The van der Waals surface area contributed by atoms with Gasteiger partial charge < -0.3 is 10.1 Å². The summed E-state index contributed by atoms with van der Waals surface area (Å²) in [7, 11) is 0. The lowest BCUT2D eigenvalue weighted by Crippen LogP contribution is -2.41. The molecule has 0 unspecified atom stereocenters. The Morgan fingerprint density at radius 1 is 1.36 bits per heavy atom. The van der Waals surface area contributed by atoms with Gasteiger partial charge in [0.2, 0.25) is 0 Å². The number of carbonyl (C=O) groups is 3. The molecular weight excluding hydrogens is 304 g/mol. The van der Waals surface area contributed by atoms with Crippen LogP contribution in [0.5, 0.6) is 0 Å². The van der Waals surface area contributed by atoms with E-state index in [4.69, 9.17) is 4.74 Å². The quantitative estimate of drug-likeness (QED) is 0.595. The third-order valence-corrected chi connectivity index (χ3v) is 3.37. The molecule has 3 amide bonds. The molecule has 6 nitrogen and oxygen atoms in total. The minimum atomic E-state index is -0.667. The maximum Gasteiger partial charge on any atom is 0.331 e. The van der Waals surface area contributed by atoms with E-state index in [0.717, 1.165) is 11.3 Å². The normalized spacial score (nSPS) is 10.7. The number of rotatable bonds is 7. The van der Waals surface area contributed by atoms with Gasteiger partial charge in [-0.15, -0.1) is 11.3 Å². The molecule has 0 fully saturated rings. The third-order valence-electron chi connectivity index (χ3n) is 2.53. The van der Waals surface area contributed by atoms with Gasteiger partial charge in [-0.3, -0.25) is 10.1 Å². The lowest BCUT2D eigenvalue weighted by molar-refractivity contribution is -0.143. The van der Waals surface area contributed by atoms with Crippen LogP contribution in [0.1, 0.15) is 25.1 Å². The standard InChI is InChI=1S/C15H20N2O4S/c1-11(2)7-8-16-15(20)17-13(18)10-21-14(19)6-5-12-4-3-9-22-12/h3-6,9,11H,7-8,10H2,1-2H3,(H2,16,17,18,20)/b6-5+. The molecule has 1 aromatic heterocycles. The Labute approximate surface area is 133 Å². The molecule has 1 heterocycles. The number of amides is 3. The minimum absolute atomic E-state index is 0.465. The molecule has 0 aliphatic rings. The fraction of sp³-hybridized carbons (Fsp3) is 0.400. The predicted molar refractivity (Wildman–Crippen MR) is 85.3 cm³/mol.